The Balaban J connectivity index is 1.53. The summed E-state index contributed by atoms with van der Waals surface area (Å²) in [5.74, 6) is -0.288. The number of aliphatic hydroxyl groups is 1. The summed E-state index contributed by atoms with van der Waals surface area (Å²) in [6.45, 7) is 1.91. The summed E-state index contributed by atoms with van der Waals surface area (Å²) in [7, 11) is 0. The third-order valence-electron chi connectivity index (χ3n) is 5.37. The molecule has 7 nitrogen and oxygen atoms in total. The smallest absolute Gasteiger partial charge is 0.244 e. The van der Waals surface area contributed by atoms with Crippen LogP contribution in [0.3, 0.4) is 0 Å². The van der Waals surface area contributed by atoms with Crippen molar-refractivity contribution in [2.75, 3.05) is 18.0 Å². The number of ketones is 1. The molecule has 0 saturated carbocycles. The number of hydrogen-bond donors (Lipinski definition) is 2. The Morgan fingerprint density at radius 2 is 1.84 bits per heavy atom. The largest absolute Gasteiger partial charge is 0.374 e. The topological polar surface area (TPSA) is 90.0 Å². The molecular weight excluding hydrogens is 322 g/mol. The molecule has 25 heavy (non-hydrogen) atoms. The van der Waals surface area contributed by atoms with Crippen molar-refractivity contribution in [2.45, 2.75) is 44.5 Å². The number of fused-ring (bicyclic) bond motifs is 1. The van der Waals surface area contributed by atoms with Gasteiger partial charge in [-0.1, -0.05) is 6.07 Å². The highest BCUT2D eigenvalue weighted by atomic mass is 16.3. The number of rotatable bonds is 2. The van der Waals surface area contributed by atoms with Crippen LogP contribution in [0.1, 0.15) is 43.0 Å². The van der Waals surface area contributed by atoms with Crippen LogP contribution in [0.25, 0.3) is 0 Å². The Morgan fingerprint density at radius 1 is 1.08 bits per heavy atom. The lowest BCUT2D eigenvalue weighted by Crippen LogP contribution is -2.51. The van der Waals surface area contributed by atoms with E-state index in [4.69, 9.17) is 0 Å². The normalized spacial score (nSPS) is 27.4. The molecule has 2 atom stereocenters. The zero-order chi connectivity index (χ0) is 17.6. The van der Waals surface area contributed by atoms with Crippen molar-refractivity contribution in [3.05, 3.63) is 29.3 Å². The van der Waals surface area contributed by atoms with Crippen molar-refractivity contribution >= 4 is 23.3 Å². The number of carbonyl (C=O) groups excluding carboxylic acids is 3. The third-order valence-corrected chi connectivity index (χ3v) is 5.37. The number of nitrogens with one attached hydrogen (secondary N) is 1. The van der Waals surface area contributed by atoms with Gasteiger partial charge in [-0.05, 0) is 24.1 Å². The first-order valence-electron chi connectivity index (χ1n) is 8.70. The molecule has 0 spiro atoms. The average molecular weight is 343 g/mol. The van der Waals surface area contributed by atoms with Gasteiger partial charge in [0.15, 0.2) is 0 Å². The molecule has 2 N–H and O–H groups in total. The molecule has 3 aliphatic heterocycles. The summed E-state index contributed by atoms with van der Waals surface area (Å²) in [6.07, 6.45) is 1.03. The van der Waals surface area contributed by atoms with E-state index in [1.165, 1.54) is 0 Å². The van der Waals surface area contributed by atoms with Crippen molar-refractivity contribution in [3.8, 4) is 0 Å². The monoisotopic (exact) mass is 343 g/mol. The van der Waals surface area contributed by atoms with Crippen molar-refractivity contribution in [1.82, 2.24) is 10.2 Å². The predicted molar refractivity (Wildman–Crippen MR) is 89.6 cm³/mol. The Hall–Kier alpha value is -2.25. The lowest BCUT2D eigenvalue weighted by molar-refractivity contribution is -0.141. The van der Waals surface area contributed by atoms with Crippen molar-refractivity contribution < 1.29 is 19.5 Å². The highest BCUT2D eigenvalue weighted by molar-refractivity contribution is 6.00. The molecule has 2 saturated heterocycles. The van der Waals surface area contributed by atoms with Gasteiger partial charge in [0.25, 0.3) is 0 Å². The van der Waals surface area contributed by atoms with Gasteiger partial charge in [0.1, 0.15) is 12.0 Å². The molecular formula is C18H21N3O4. The van der Waals surface area contributed by atoms with E-state index in [0.717, 1.165) is 29.9 Å². The summed E-state index contributed by atoms with van der Waals surface area (Å²) < 4.78 is 0. The summed E-state index contributed by atoms with van der Waals surface area (Å²) in [4.78, 5) is 38.8. The third kappa shape index (κ3) is 2.94. The molecule has 1 aromatic rings. The Morgan fingerprint density at radius 3 is 2.56 bits per heavy atom. The second kappa shape index (κ2) is 6.24. The van der Waals surface area contributed by atoms with Crippen LogP contribution in [-0.2, 0) is 20.9 Å². The number of imide groups is 1. The van der Waals surface area contributed by atoms with E-state index in [2.05, 4.69) is 10.2 Å². The number of amides is 2. The zero-order valence-corrected chi connectivity index (χ0v) is 13.9. The molecule has 0 aliphatic carbocycles. The lowest BCUT2D eigenvalue weighted by Gasteiger charge is -2.31. The predicted octanol–water partition coefficient (Wildman–Crippen LogP) is 0.468. The van der Waals surface area contributed by atoms with Crippen LogP contribution in [0.2, 0.25) is 0 Å². The summed E-state index contributed by atoms with van der Waals surface area (Å²) in [6, 6.07) is 5.42. The number of Topliss-reactive ketones (excluding diaryl/α,β-unsaturated/α-hetero) is 1. The minimum Gasteiger partial charge on any atom is -0.374 e. The molecule has 1 aromatic carbocycles. The maximum Gasteiger partial charge on any atom is 0.244 e. The second-order valence-electron chi connectivity index (χ2n) is 6.92. The molecule has 3 aliphatic rings. The summed E-state index contributed by atoms with van der Waals surface area (Å²) in [5.41, 5.74) is 2.84. The maximum absolute atomic E-state index is 12.1. The van der Waals surface area contributed by atoms with Gasteiger partial charge in [-0.25, -0.2) is 0 Å². The van der Waals surface area contributed by atoms with Gasteiger partial charge in [-0.3, -0.25) is 24.6 Å². The quantitative estimate of drug-likeness (QED) is 0.759. The molecule has 2 amide bonds. The number of benzene rings is 1. The van der Waals surface area contributed by atoms with Crippen molar-refractivity contribution in [3.63, 3.8) is 0 Å². The number of carbonyl (C=O) groups is 3. The Bertz CT molecular complexity index is 738. The zero-order valence-electron chi connectivity index (χ0n) is 13.9. The minimum atomic E-state index is -0.837. The lowest BCUT2D eigenvalue weighted by atomic mass is 10.0. The minimum absolute atomic E-state index is 0.255. The average Bonchev–Trinajstić information content (AvgIpc) is 2.92. The number of hydrogen-bond acceptors (Lipinski definition) is 6. The van der Waals surface area contributed by atoms with Crippen LogP contribution < -0.4 is 10.2 Å². The fourth-order valence-corrected chi connectivity index (χ4v) is 3.93. The van der Waals surface area contributed by atoms with Crippen LogP contribution >= 0.6 is 0 Å². The molecule has 0 aromatic heterocycles. The number of nitrogens with zero attached hydrogens (tertiary/aromatic N) is 2. The van der Waals surface area contributed by atoms with Crippen LogP contribution in [0.15, 0.2) is 18.2 Å². The molecule has 4 rings (SSSR count). The Labute approximate surface area is 145 Å². The van der Waals surface area contributed by atoms with E-state index < -0.39 is 12.3 Å². The highest BCUT2D eigenvalue weighted by Crippen LogP contribution is 2.37. The van der Waals surface area contributed by atoms with Crippen molar-refractivity contribution in [1.29, 1.82) is 0 Å². The van der Waals surface area contributed by atoms with Crippen molar-refractivity contribution in [2.24, 2.45) is 0 Å². The number of aliphatic hydroxyl groups excluding tert-OH is 1. The first-order chi connectivity index (χ1) is 12.0. The van der Waals surface area contributed by atoms with E-state index in [1.807, 2.05) is 18.2 Å². The second-order valence-corrected chi connectivity index (χ2v) is 6.92. The van der Waals surface area contributed by atoms with E-state index in [9.17, 15) is 19.5 Å². The molecule has 2 fully saturated rings. The van der Waals surface area contributed by atoms with Gasteiger partial charge in [-0.2, -0.15) is 0 Å². The molecule has 2 unspecified atom stereocenters. The van der Waals surface area contributed by atoms with Gasteiger partial charge >= 0.3 is 0 Å². The van der Waals surface area contributed by atoms with Crippen LogP contribution in [0.5, 0.6) is 0 Å². The first kappa shape index (κ1) is 16.2. The molecule has 7 heteroatoms. The summed E-state index contributed by atoms with van der Waals surface area (Å²) >= 11 is 0. The maximum atomic E-state index is 12.1. The van der Waals surface area contributed by atoms with E-state index in [-0.39, 0.29) is 11.8 Å². The number of piperidine rings is 2. The van der Waals surface area contributed by atoms with Crippen LogP contribution in [0.4, 0.5) is 5.69 Å². The van der Waals surface area contributed by atoms with E-state index >= 15 is 0 Å². The summed E-state index contributed by atoms with van der Waals surface area (Å²) in [5, 5.41) is 13.0. The molecule has 0 radical (unpaired) electrons. The van der Waals surface area contributed by atoms with E-state index in [0.29, 0.717) is 38.0 Å². The Kier molecular flexibility index (Phi) is 4.05. The highest BCUT2D eigenvalue weighted by Gasteiger charge is 2.39. The van der Waals surface area contributed by atoms with Gasteiger partial charge in [0, 0.05) is 50.1 Å². The molecule has 0 bridgehead atoms. The van der Waals surface area contributed by atoms with Gasteiger partial charge in [-0.15, -0.1) is 0 Å². The number of anilines is 1. The van der Waals surface area contributed by atoms with Crippen LogP contribution in [-0.4, -0.2) is 46.7 Å². The molecule has 132 valence electrons. The first-order valence-corrected chi connectivity index (χ1v) is 8.70. The fourth-order valence-electron chi connectivity index (χ4n) is 3.93. The molecule has 3 heterocycles. The van der Waals surface area contributed by atoms with Crippen LogP contribution in [0, 0.1) is 0 Å². The van der Waals surface area contributed by atoms with E-state index in [1.54, 1.807) is 4.90 Å². The fraction of sp³-hybridized carbons (Fsp3) is 0.500. The standard InChI is InChI=1S/C18H21N3O4/c22-13-5-7-20(8-6-13)12-1-2-14-11(9-12)10-21(18(14)25)15-3-4-16(23)19-17(15)24/h1-2,9,15,18,25H,3-8,10H2,(H,19,23,24). The SMILES string of the molecule is O=C1CCN(c2ccc3c(c2)CN(C2CCC(=O)NC2=O)C3O)CC1. The van der Waals surface area contributed by atoms with Gasteiger partial charge < -0.3 is 10.0 Å². The van der Waals surface area contributed by atoms with Gasteiger partial charge in [0.05, 0.1) is 6.04 Å². The van der Waals surface area contributed by atoms with Gasteiger partial charge in [0.2, 0.25) is 11.8 Å².